The molecule has 0 bridgehead atoms. The van der Waals surface area contributed by atoms with Gasteiger partial charge in [0.2, 0.25) is 0 Å². The Bertz CT molecular complexity index is 646. The van der Waals surface area contributed by atoms with E-state index in [9.17, 15) is 4.79 Å². The number of rotatable bonds is 1. The zero-order valence-corrected chi connectivity index (χ0v) is 15.8. The van der Waals surface area contributed by atoms with Gasteiger partial charge in [0.05, 0.1) is 12.2 Å². The molecule has 1 spiro atoms. The van der Waals surface area contributed by atoms with E-state index in [2.05, 4.69) is 26.0 Å². The smallest absolute Gasteiger partial charge is 0.155 e. The average molecular weight is 341 g/mol. The maximum atomic E-state index is 11.9. The third kappa shape index (κ3) is 2.04. The summed E-state index contributed by atoms with van der Waals surface area (Å²) in [6.45, 7) is 5.69. The lowest BCUT2D eigenvalue weighted by Crippen LogP contribution is -2.55. The first-order chi connectivity index (χ1) is 12.1. The van der Waals surface area contributed by atoms with E-state index in [-0.39, 0.29) is 5.60 Å². The van der Waals surface area contributed by atoms with Gasteiger partial charge in [-0.1, -0.05) is 31.6 Å². The van der Waals surface area contributed by atoms with E-state index >= 15 is 0 Å². The summed E-state index contributed by atoms with van der Waals surface area (Å²) in [5.41, 5.74) is 1.90. The van der Waals surface area contributed by atoms with Gasteiger partial charge in [-0.3, -0.25) is 4.79 Å². The number of carbonyl (C=O) groups is 1. The molecule has 4 aliphatic carbocycles. The summed E-state index contributed by atoms with van der Waals surface area (Å²) >= 11 is 0. The number of hydrogen-bond donors (Lipinski definition) is 0. The monoisotopic (exact) mass is 340 g/mol. The summed E-state index contributed by atoms with van der Waals surface area (Å²) < 4.78 is 6.43. The molecular formula is C23H32O2. The van der Waals surface area contributed by atoms with Crippen LogP contribution in [0.5, 0.6) is 0 Å². The first kappa shape index (κ1) is 16.3. The Morgan fingerprint density at radius 2 is 2.12 bits per heavy atom. The molecule has 0 saturated heterocycles. The predicted molar refractivity (Wildman–Crippen MR) is 99.1 cm³/mol. The zero-order valence-electron chi connectivity index (χ0n) is 15.8. The van der Waals surface area contributed by atoms with Crippen molar-refractivity contribution in [1.82, 2.24) is 0 Å². The lowest BCUT2D eigenvalue weighted by atomic mass is 9.47. The second-order valence-electron chi connectivity index (χ2n) is 9.55. The summed E-state index contributed by atoms with van der Waals surface area (Å²) in [5.74, 6) is 4.25. The lowest BCUT2D eigenvalue weighted by molar-refractivity contribution is -0.132. The molecule has 0 amide bonds. The van der Waals surface area contributed by atoms with Crippen molar-refractivity contribution in [3.05, 3.63) is 23.8 Å². The minimum atomic E-state index is 0.0375. The molecule has 136 valence electrons. The van der Waals surface area contributed by atoms with Gasteiger partial charge >= 0.3 is 0 Å². The first-order valence-electron chi connectivity index (χ1n) is 10.7. The number of ketones is 1. The van der Waals surface area contributed by atoms with Gasteiger partial charge in [0.15, 0.2) is 5.78 Å². The molecule has 25 heavy (non-hydrogen) atoms. The van der Waals surface area contributed by atoms with E-state index in [0.717, 1.165) is 49.5 Å². The third-order valence-corrected chi connectivity index (χ3v) is 8.97. The number of carbonyl (C=O) groups excluding carboxylic acids is 1. The van der Waals surface area contributed by atoms with Crippen LogP contribution in [0.4, 0.5) is 0 Å². The van der Waals surface area contributed by atoms with Crippen LogP contribution in [0.1, 0.15) is 65.2 Å². The second-order valence-corrected chi connectivity index (χ2v) is 9.55. The van der Waals surface area contributed by atoms with Gasteiger partial charge < -0.3 is 4.74 Å². The zero-order chi connectivity index (χ0) is 17.2. The van der Waals surface area contributed by atoms with Crippen LogP contribution in [-0.2, 0) is 9.53 Å². The van der Waals surface area contributed by atoms with Gasteiger partial charge in [-0.2, -0.15) is 0 Å². The third-order valence-electron chi connectivity index (χ3n) is 8.97. The van der Waals surface area contributed by atoms with Gasteiger partial charge in [0.25, 0.3) is 0 Å². The molecule has 0 aromatic carbocycles. The van der Waals surface area contributed by atoms with E-state index in [4.69, 9.17) is 4.74 Å². The highest BCUT2D eigenvalue weighted by Crippen LogP contribution is 2.68. The van der Waals surface area contributed by atoms with Gasteiger partial charge in [-0.15, -0.1) is 0 Å². The molecule has 5 aliphatic rings. The van der Waals surface area contributed by atoms with Crippen molar-refractivity contribution in [2.24, 2.45) is 35.0 Å². The highest BCUT2D eigenvalue weighted by atomic mass is 16.5. The number of hydrogen-bond acceptors (Lipinski definition) is 2. The minimum Gasteiger partial charge on any atom is -0.366 e. The van der Waals surface area contributed by atoms with Crippen LogP contribution in [0.15, 0.2) is 23.8 Å². The maximum Gasteiger partial charge on any atom is 0.155 e. The van der Waals surface area contributed by atoms with Crippen molar-refractivity contribution in [1.29, 1.82) is 0 Å². The van der Waals surface area contributed by atoms with Crippen LogP contribution < -0.4 is 0 Å². The molecule has 5 rings (SSSR count). The van der Waals surface area contributed by atoms with Crippen molar-refractivity contribution < 1.29 is 9.53 Å². The predicted octanol–water partition coefficient (Wildman–Crippen LogP) is 5.09. The van der Waals surface area contributed by atoms with E-state index in [1.807, 2.05) is 6.08 Å². The molecule has 1 heterocycles. The molecule has 2 nitrogen and oxygen atoms in total. The van der Waals surface area contributed by atoms with Crippen LogP contribution in [-0.4, -0.2) is 18.0 Å². The fourth-order valence-electron chi connectivity index (χ4n) is 8.13. The van der Waals surface area contributed by atoms with Gasteiger partial charge in [-0.25, -0.2) is 0 Å². The van der Waals surface area contributed by atoms with E-state index in [0.29, 0.717) is 17.1 Å². The summed E-state index contributed by atoms with van der Waals surface area (Å²) in [6.07, 6.45) is 16.3. The summed E-state index contributed by atoms with van der Waals surface area (Å²) in [5, 5.41) is 0. The molecular weight excluding hydrogens is 308 g/mol. The minimum absolute atomic E-state index is 0.0375. The van der Waals surface area contributed by atoms with Gasteiger partial charge in [0.1, 0.15) is 0 Å². The SMILES string of the molecule is CC[C@]12CCC3C(C(C)CC4=CC(=O)CC[C@@H]43)C1CC[C@@]21C=CCO1. The normalized spacial score (nSPS) is 51.2. The fourth-order valence-corrected chi connectivity index (χ4v) is 8.13. The molecule has 4 unspecified atom stereocenters. The lowest BCUT2D eigenvalue weighted by Gasteiger charge is -2.58. The standard InChI is InChI=1S/C23H32O2/c1-3-22-10-7-19-18-6-5-17(24)14-16(18)13-15(2)21(19)20(22)8-11-23(22)9-4-12-25-23/h4,9,14-15,18-21H,3,5-8,10-13H2,1-2H3/t15?,18-,19?,20?,21?,22-,23-/m0/s1. The largest absolute Gasteiger partial charge is 0.366 e. The van der Waals surface area contributed by atoms with Gasteiger partial charge in [0, 0.05) is 11.8 Å². The van der Waals surface area contributed by atoms with E-state index < -0.39 is 0 Å². The Morgan fingerprint density at radius 1 is 1.24 bits per heavy atom. The average Bonchev–Trinajstić information content (AvgIpc) is 3.21. The van der Waals surface area contributed by atoms with Crippen molar-refractivity contribution >= 4 is 5.78 Å². The van der Waals surface area contributed by atoms with Crippen molar-refractivity contribution in [3.63, 3.8) is 0 Å². The van der Waals surface area contributed by atoms with Crippen LogP contribution in [0.3, 0.4) is 0 Å². The molecule has 1 aliphatic heterocycles. The molecule has 2 heteroatoms. The Kier molecular flexibility index (Phi) is 3.62. The Balaban J connectivity index is 1.53. The number of allylic oxidation sites excluding steroid dienone is 1. The molecule has 7 atom stereocenters. The quantitative estimate of drug-likeness (QED) is 0.622. The molecule has 0 aromatic heterocycles. The number of ether oxygens (including phenoxy) is 1. The number of fused-ring (bicyclic) bond motifs is 6. The molecule has 0 aromatic rings. The highest BCUT2D eigenvalue weighted by Gasteiger charge is 2.65. The fraction of sp³-hybridized carbons (Fsp3) is 0.783. The van der Waals surface area contributed by atoms with Crippen molar-refractivity contribution in [2.75, 3.05) is 6.61 Å². The topological polar surface area (TPSA) is 26.3 Å². The van der Waals surface area contributed by atoms with Crippen LogP contribution in [0.25, 0.3) is 0 Å². The first-order valence-corrected chi connectivity index (χ1v) is 10.7. The second kappa shape index (κ2) is 5.55. The van der Waals surface area contributed by atoms with Crippen LogP contribution in [0, 0.1) is 35.0 Å². The Labute approximate surface area is 152 Å². The molecule has 3 saturated carbocycles. The van der Waals surface area contributed by atoms with Crippen LogP contribution >= 0.6 is 0 Å². The Hall–Kier alpha value is -0.890. The highest BCUT2D eigenvalue weighted by molar-refractivity contribution is 5.91. The van der Waals surface area contributed by atoms with Crippen molar-refractivity contribution in [2.45, 2.75) is 70.8 Å². The summed E-state index contributed by atoms with van der Waals surface area (Å²) in [4.78, 5) is 11.9. The van der Waals surface area contributed by atoms with E-state index in [1.54, 1.807) is 0 Å². The molecule has 3 fully saturated rings. The Morgan fingerprint density at radius 3 is 2.88 bits per heavy atom. The van der Waals surface area contributed by atoms with Crippen molar-refractivity contribution in [3.8, 4) is 0 Å². The molecule has 0 radical (unpaired) electrons. The van der Waals surface area contributed by atoms with Gasteiger partial charge in [-0.05, 0) is 80.6 Å². The van der Waals surface area contributed by atoms with E-state index in [1.165, 1.54) is 37.7 Å². The van der Waals surface area contributed by atoms with Crippen LogP contribution in [0.2, 0.25) is 0 Å². The molecule has 0 N–H and O–H groups in total. The summed E-state index contributed by atoms with van der Waals surface area (Å²) in [6, 6.07) is 0. The summed E-state index contributed by atoms with van der Waals surface area (Å²) in [7, 11) is 0. The maximum absolute atomic E-state index is 11.9.